The summed E-state index contributed by atoms with van der Waals surface area (Å²) in [5.41, 5.74) is 0. The Hall–Kier alpha value is -2.10. The number of piperidine rings is 1. The van der Waals surface area contributed by atoms with Crippen molar-refractivity contribution in [3.63, 3.8) is 0 Å². The van der Waals surface area contributed by atoms with Gasteiger partial charge in [-0.15, -0.1) is 0 Å². The van der Waals surface area contributed by atoms with E-state index in [1.165, 1.54) is 6.26 Å². The lowest BCUT2D eigenvalue weighted by molar-refractivity contribution is -0.00252. The minimum atomic E-state index is -3.27. The number of ether oxygens (including phenoxy) is 1. The van der Waals surface area contributed by atoms with Crippen molar-refractivity contribution < 1.29 is 13.2 Å². The number of hydrogen-bond acceptors (Lipinski definition) is 7. The monoisotopic (exact) mass is 445 g/mol. The third-order valence-corrected chi connectivity index (χ3v) is 6.97. The summed E-state index contributed by atoms with van der Waals surface area (Å²) in [6.07, 6.45) is 11.5. The molecule has 8 nitrogen and oxygen atoms in total. The molecule has 0 spiro atoms. The Kier molecular flexibility index (Phi) is 7.14. The fourth-order valence-electron chi connectivity index (χ4n) is 4.65. The van der Waals surface area contributed by atoms with Crippen LogP contribution >= 0.6 is 0 Å². The molecule has 4 rings (SSSR count). The fourth-order valence-corrected chi connectivity index (χ4v) is 5.51. The van der Waals surface area contributed by atoms with Crippen LogP contribution in [-0.2, 0) is 14.8 Å². The van der Waals surface area contributed by atoms with Crippen molar-refractivity contribution in [2.45, 2.75) is 50.2 Å². The molecule has 2 unspecified atom stereocenters. The molecule has 0 amide bonds. The molecule has 1 aliphatic heterocycles. The van der Waals surface area contributed by atoms with Gasteiger partial charge in [-0.05, 0) is 50.3 Å². The van der Waals surface area contributed by atoms with E-state index in [-0.39, 0.29) is 18.1 Å². The number of nitrogens with zero attached hydrogens (tertiary/aromatic N) is 4. The molecule has 2 atom stereocenters. The average molecular weight is 446 g/mol. The van der Waals surface area contributed by atoms with Crippen molar-refractivity contribution in [3.05, 3.63) is 48.7 Å². The quantitative estimate of drug-likeness (QED) is 0.699. The number of pyridine rings is 1. The zero-order chi connectivity index (χ0) is 21.7. The molecular weight excluding hydrogens is 414 g/mol. The third-order valence-electron chi connectivity index (χ3n) is 6.24. The Morgan fingerprint density at radius 2 is 1.77 bits per heavy atom. The first-order valence-electron chi connectivity index (χ1n) is 11.0. The van der Waals surface area contributed by atoms with Crippen LogP contribution in [0.25, 0.3) is 0 Å². The van der Waals surface area contributed by atoms with Crippen LogP contribution in [0.5, 0.6) is 0 Å². The normalized spacial score (nSPS) is 27.2. The van der Waals surface area contributed by atoms with Crippen LogP contribution in [0.1, 0.15) is 43.8 Å². The van der Waals surface area contributed by atoms with Gasteiger partial charge in [-0.1, -0.05) is 6.07 Å². The second kappa shape index (κ2) is 10.0. The molecule has 2 fully saturated rings. The third kappa shape index (κ3) is 6.21. The predicted octanol–water partition coefficient (Wildman–Crippen LogP) is 2.36. The Morgan fingerprint density at radius 3 is 2.45 bits per heavy atom. The standard InChI is InChI=1S/C22H31N5O3S/c1-31(28,29)26-20-10-14-27(21-5-2-3-11-23-21)15-18(20)16-30-19-8-6-17(7-9-19)22-24-12-4-13-25-22/h2-5,11-13,17-20,26H,6-10,14-16H2,1H3. The highest BCUT2D eigenvalue weighted by Gasteiger charge is 2.33. The van der Waals surface area contributed by atoms with Gasteiger partial charge in [0.1, 0.15) is 11.6 Å². The Balaban J connectivity index is 1.34. The lowest BCUT2D eigenvalue weighted by atomic mass is 9.86. The molecule has 2 aromatic heterocycles. The molecule has 0 radical (unpaired) electrons. The summed E-state index contributed by atoms with van der Waals surface area (Å²) in [4.78, 5) is 15.5. The van der Waals surface area contributed by atoms with Gasteiger partial charge in [-0.25, -0.2) is 28.1 Å². The molecule has 0 bridgehead atoms. The van der Waals surface area contributed by atoms with E-state index in [1.807, 2.05) is 24.3 Å². The summed E-state index contributed by atoms with van der Waals surface area (Å²) in [6, 6.07) is 7.60. The maximum absolute atomic E-state index is 11.9. The number of anilines is 1. The smallest absolute Gasteiger partial charge is 0.208 e. The first-order valence-corrected chi connectivity index (χ1v) is 12.9. The number of sulfonamides is 1. The van der Waals surface area contributed by atoms with Gasteiger partial charge in [-0.2, -0.15) is 0 Å². The van der Waals surface area contributed by atoms with Crippen molar-refractivity contribution in [1.29, 1.82) is 0 Å². The summed E-state index contributed by atoms with van der Waals surface area (Å²) in [7, 11) is -3.27. The lowest BCUT2D eigenvalue weighted by Crippen LogP contribution is -2.52. The van der Waals surface area contributed by atoms with E-state index in [0.717, 1.165) is 56.8 Å². The van der Waals surface area contributed by atoms with Crippen molar-refractivity contribution in [2.75, 3.05) is 30.9 Å². The number of rotatable bonds is 7. The van der Waals surface area contributed by atoms with E-state index in [0.29, 0.717) is 12.5 Å². The highest BCUT2D eigenvalue weighted by Crippen LogP contribution is 2.33. The number of hydrogen-bond donors (Lipinski definition) is 1. The molecule has 0 aromatic carbocycles. The Bertz CT molecular complexity index is 921. The zero-order valence-electron chi connectivity index (χ0n) is 17.9. The van der Waals surface area contributed by atoms with Crippen LogP contribution in [0.3, 0.4) is 0 Å². The minimum Gasteiger partial charge on any atom is -0.378 e. The molecule has 1 aliphatic carbocycles. The van der Waals surface area contributed by atoms with E-state index in [2.05, 4.69) is 24.6 Å². The van der Waals surface area contributed by atoms with Gasteiger partial charge < -0.3 is 9.64 Å². The SMILES string of the molecule is CS(=O)(=O)NC1CCN(c2ccccn2)CC1COC1CCC(c2ncccn2)CC1. The summed E-state index contributed by atoms with van der Waals surface area (Å²) in [6.45, 7) is 2.02. The molecule has 2 aliphatic rings. The van der Waals surface area contributed by atoms with Crippen LogP contribution in [0.4, 0.5) is 5.82 Å². The Morgan fingerprint density at radius 1 is 1.03 bits per heavy atom. The van der Waals surface area contributed by atoms with E-state index >= 15 is 0 Å². The predicted molar refractivity (Wildman–Crippen MR) is 119 cm³/mol. The molecule has 168 valence electrons. The van der Waals surface area contributed by atoms with E-state index in [1.54, 1.807) is 18.6 Å². The molecule has 1 saturated heterocycles. The first kappa shape index (κ1) is 22.1. The summed E-state index contributed by atoms with van der Waals surface area (Å²) in [5.74, 6) is 2.32. The van der Waals surface area contributed by atoms with Crippen molar-refractivity contribution in [2.24, 2.45) is 5.92 Å². The van der Waals surface area contributed by atoms with Crippen molar-refractivity contribution in [3.8, 4) is 0 Å². The van der Waals surface area contributed by atoms with Gasteiger partial charge in [0, 0.05) is 49.6 Å². The molecular formula is C22H31N5O3S. The molecule has 31 heavy (non-hydrogen) atoms. The van der Waals surface area contributed by atoms with Crippen molar-refractivity contribution in [1.82, 2.24) is 19.7 Å². The fraction of sp³-hybridized carbons (Fsp3) is 0.591. The number of nitrogens with one attached hydrogen (secondary N) is 1. The minimum absolute atomic E-state index is 0.0701. The van der Waals surface area contributed by atoms with Gasteiger partial charge in [0.2, 0.25) is 10.0 Å². The number of aromatic nitrogens is 3. The second-order valence-corrected chi connectivity index (χ2v) is 10.4. The average Bonchev–Trinajstić information content (AvgIpc) is 2.79. The topological polar surface area (TPSA) is 97.3 Å². The lowest BCUT2D eigenvalue weighted by Gasteiger charge is -2.40. The summed E-state index contributed by atoms with van der Waals surface area (Å²) in [5, 5.41) is 0. The first-order chi connectivity index (χ1) is 15.0. The highest BCUT2D eigenvalue weighted by molar-refractivity contribution is 7.88. The van der Waals surface area contributed by atoms with Crippen LogP contribution in [0.15, 0.2) is 42.9 Å². The molecule has 2 aromatic rings. The van der Waals surface area contributed by atoms with Crippen LogP contribution < -0.4 is 9.62 Å². The van der Waals surface area contributed by atoms with Gasteiger partial charge >= 0.3 is 0 Å². The molecule has 1 saturated carbocycles. The molecule has 3 heterocycles. The van der Waals surface area contributed by atoms with E-state index in [9.17, 15) is 8.42 Å². The van der Waals surface area contributed by atoms with E-state index < -0.39 is 10.0 Å². The van der Waals surface area contributed by atoms with Gasteiger partial charge in [-0.3, -0.25) is 0 Å². The summed E-state index contributed by atoms with van der Waals surface area (Å²) < 4.78 is 32.9. The molecule has 1 N–H and O–H groups in total. The van der Waals surface area contributed by atoms with E-state index in [4.69, 9.17) is 4.74 Å². The summed E-state index contributed by atoms with van der Waals surface area (Å²) >= 11 is 0. The van der Waals surface area contributed by atoms with Gasteiger partial charge in [0.15, 0.2) is 0 Å². The highest BCUT2D eigenvalue weighted by atomic mass is 32.2. The maximum Gasteiger partial charge on any atom is 0.208 e. The van der Waals surface area contributed by atoms with Crippen LogP contribution in [0, 0.1) is 5.92 Å². The molecule has 9 heteroatoms. The maximum atomic E-state index is 11.9. The van der Waals surface area contributed by atoms with Crippen molar-refractivity contribution >= 4 is 15.8 Å². The van der Waals surface area contributed by atoms with Gasteiger partial charge in [0.05, 0.1) is 19.0 Å². The van der Waals surface area contributed by atoms with Crippen LogP contribution in [-0.4, -0.2) is 61.5 Å². The van der Waals surface area contributed by atoms with Gasteiger partial charge in [0.25, 0.3) is 0 Å². The Labute approximate surface area is 184 Å². The second-order valence-electron chi connectivity index (χ2n) is 8.59. The zero-order valence-corrected chi connectivity index (χ0v) is 18.7. The largest absolute Gasteiger partial charge is 0.378 e. The van der Waals surface area contributed by atoms with Crippen LogP contribution in [0.2, 0.25) is 0 Å².